The Morgan fingerprint density at radius 3 is 2.87 bits per heavy atom. The van der Waals surface area contributed by atoms with Crippen LogP contribution in [-0.2, 0) is 6.54 Å². The molecule has 0 heterocycles. The summed E-state index contributed by atoms with van der Waals surface area (Å²) in [4.78, 5) is 0. The van der Waals surface area contributed by atoms with Crippen molar-refractivity contribution in [3.05, 3.63) is 35.6 Å². The van der Waals surface area contributed by atoms with Crippen LogP contribution in [0.3, 0.4) is 0 Å². The molecular formula is C12H19FN2. The second kappa shape index (κ2) is 6.53. The zero-order valence-corrected chi connectivity index (χ0v) is 9.39. The lowest BCUT2D eigenvalue weighted by atomic mass is 10.2. The highest BCUT2D eigenvalue weighted by Gasteiger charge is 2.00. The fourth-order valence-electron chi connectivity index (χ4n) is 1.37. The molecular weight excluding hydrogens is 191 g/mol. The van der Waals surface area contributed by atoms with Crippen LogP contribution in [0.4, 0.5) is 4.39 Å². The third kappa shape index (κ3) is 4.91. The molecule has 84 valence electrons. The van der Waals surface area contributed by atoms with Crippen molar-refractivity contribution in [3.63, 3.8) is 0 Å². The van der Waals surface area contributed by atoms with Gasteiger partial charge in [0.05, 0.1) is 0 Å². The standard InChI is InChI=1S/C12H19FN2/c1-3-14-8-10(2)15-9-11-5-4-6-12(13)7-11/h4-7,10,14-15H,3,8-9H2,1-2H3. The normalized spacial score (nSPS) is 12.7. The average Bonchev–Trinajstić information content (AvgIpc) is 2.23. The fraction of sp³-hybridized carbons (Fsp3) is 0.500. The maximum Gasteiger partial charge on any atom is 0.123 e. The number of likely N-dealkylation sites (N-methyl/N-ethyl adjacent to an activating group) is 1. The summed E-state index contributed by atoms with van der Waals surface area (Å²) in [5.41, 5.74) is 0.985. The highest BCUT2D eigenvalue weighted by molar-refractivity contribution is 5.16. The highest BCUT2D eigenvalue weighted by Crippen LogP contribution is 2.02. The van der Waals surface area contributed by atoms with Crippen LogP contribution in [0.1, 0.15) is 19.4 Å². The van der Waals surface area contributed by atoms with Gasteiger partial charge in [-0.25, -0.2) is 4.39 Å². The predicted octanol–water partition coefficient (Wildman–Crippen LogP) is 1.91. The van der Waals surface area contributed by atoms with E-state index in [1.54, 1.807) is 12.1 Å². The zero-order valence-electron chi connectivity index (χ0n) is 9.39. The molecule has 0 fully saturated rings. The van der Waals surface area contributed by atoms with Gasteiger partial charge in [0, 0.05) is 19.1 Å². The van der Waals surface area contributed by atoms with Crippen LogP contribution in [0.5, 0.6) is 0 Å². The molecule has 1 rings (SSSR count). The van der Waals surface area contributed by atoms with Gasteiger partial charge in [-0.05, 0) is 31.2 Å². The molecule has 0 bridgehead atoms. The SMILES string of the molecule is CCNCC(C)NCc1cccc(F)c1. The minimum Gasteiger partial charge on any atom is -0.315 e. The molecule has 1 aromatic rings. The zero-order chi connectivity index (χ0) is 11.1. The Kier molecular flexibility index (Phi) is 5.29. The van der Waals surface area contributed by atoms with Crippen molar-refractivity contribution in [2.45, 2.75) is 26.4 Å². The number of benzene rings is 1. The molecule has 0 saturated heterocycles. The largest absolute Gasteiger partial charge is 0.315 e. The van der Waals surface area contributed by atoms with Gasteiger partial charge in [-0.15, -0.1) is 0 Å². The van der Waals surface area contributed by atoms with Gasteiger partial charge in [0.15, 0.2) is 0 Å². The maximum absolute atomic E-state index is 12.9. The monoisotopic (exact) mass is 210 g/mol. The Morgan fingerprint density at radius 1 is 1.40 bits per heavy atom. The van der Waals surface area contributed by atoms with E-state index in [2.05, 4.69) is 24.5 Å². The molecule has 0 aliphatic carbocycles. The van der Waals surface area contributed by atoms with Gasteiger partial charge >= 0.3 is 0 Å². The lowest BCUT2D eigenvalue weighted by molar-refractivity contribution is 0.507. The summed E-state index contributed by atoms with van der Waals surface area (Å²) >= 11 is 0. The Bertz CT molecular complexity index is 289. The van der Waals surface area contributed by atoms with Gasteiger partial charge < -0.3 is 10.6 Å². The minimum atomic E-state index is -0.173. The number of hydrogen-bond donors (Lipinski definition) is 2. The van der Waals surface area contributed by atoms with E-state index < -0.39 is 0 Å². The van der Waals surface area contributed by atoms with E-state index in [1.807, 2.05) is 6.07 Å². The van der Waals surface area contributed by atoms with E-state index in [9.17, 15) is 4.39 Å². The van der Waals surface area contributed by atoms with E-state index in [0.717, 1.165) is 18.7 Å². The number of hydrogen-bond acceptors (Lipinski definition) is 2. The molecule has 2 N–H and O–H groups in total. The third-order valence-corrected chi connectivity index (χ3v) is 2.24. The minimum absolute atomic E-state index is 0.173. The van der Waals surface area contributed by atoms with Crippen molar-refractivity contribution in [1.82, 2.24) is 10.6 Å². The van der Waals surface area contributed by atoms with Crippen molar-refractivity contribution in [2.24, 2.45) is 0 Å². The molecule has 1 atom stereocenters. The van der Waals surface area contributed by atoms with Gasteiger partial charge in [0.25, 0.3) is 0 Å². The van der Waals surface area contributed by atoms with Crippen molar-refractivity contribution < 1.29 is 4.39 Å². The lowest BCUT2D eigenvalue weighted by Crippen LogP contribution is -2.35. The van der Waals surface area contributed by atoms with Crippen LogP contribution < -0.4 is 10.6 Å². The number of rotatable bonds is 6. The smallest absolute Gasteiger partial charge is 0.123 e. The second-order valence-electron chi connectivity index (χ2n) is 3.72. The molecule has 0 aliphatic rings. The van der Waals surface area contributed by atoms with Crippen LogP contribution in [-0.4, -0.2) is 19.1 Å². The molecule has 1 aromatic carbocycles. The summed E-state index contributed by atoms with van der Waals surface area (Å²) in [6.45, 7) is 6.82. The van der Waals surface area contributed by atoms with Crippen LogP contribution in [0.25, 0.3) is 0 Å². The van der Waals surface area contributed by atoms with Gasteiger partial charge in [-0.1, -0.05) is 19.1 Å². The third-order valence-electron chi connectivity index (χ3n) is 2.24. The van der Waals surface area contributed by atoms with Gasteiger partial charge in [0.2, 0.25) is 0 Å². The molecule has 0 saturated carbocycles. The summed E-state index contributed by atoms with van der Waals surface area (Å²) in [5, 5.41) is 6.59. The van der Waals surface area contributed by atoms with E-state index in [1.165, 1.54) is 6.07 Å². The summed E-state index contributed by atoms with van der Waals surface area (Å²) in [5.74, 6) is -0.173. The molecule has 15 heavy (non-hydrogen) atoms. The Morgan fingerprint density at radius 2 is 2.20 bits per heavy atom. The van der Waals surface area contributed by atoms with Crippen LogP contribution in [0.15, 0.2) is 24.3 Å². The van der Waals surface area contributed by atoms with Crippen LogP contribution in [0, 0.1) is 5.82 Å². The van der Waals surface area contributed by atoms with Crippen molar-refractivity contribution in [2.75, 3.05) is 13.1 Å². The Labute approximate surface area is 90.9 Å². The Balaban J connectivity index is 2.30. The predicted molar refractivity (Wildman–Crippen MR) is 61.2 cm³/mol. The van der Waals surface area contributed by atoms with Crippen molar-refractivity contribution in [1.29, 1.82) is 0 Å². The van der Waals surface area contributed by atoms with E-state index in [4.69, 9.17) is 0 Å². The van der Waals surface area contributed by atoms with Crippen LogP contribution >= 0.6 is 0 Å². The summed E-state index contributed by atoms with van der Waals surface area (Å²) in [7, 11) is 0. The first-order valence-corrected chi connectivity index (χ1v) is 5.41. The van der Waals surface area contributed by atoms with E-state index >= 15 is 0 Å². The van der Waals surface area contributed by atoms with Gasteiger partial charge in [-0.2, -0.15) is 0 Å². The van der Waals surface area contributed by atoms with E-state index in [0.29, 0.717) is 12.6 Å². The van der Waals surface area contributed by atoms with Gasteiger partial charge in [0.1, 0.15) is 5.82 Å². The molecule has 0 aromatic heterocycles. The molecule has 0 spiro atoms. The molecule has 0 aliphatic heterocycles. The molecule has 1 unspecified atom stereocenters. The summed E-state index contributed by atoms with van der Waals surface area (Å²) in [6.07, 6.45) is 0. The topological polar surface area (TPSA) is 24.1 Å². The molecule has 0 amide bonds. The average molecular weight is 210 g/mol. The Hall–Kier alpha value is -0.930. The fourth-order valence-corrected chi connectivity index (χ4v) is 1.37. The maximum atomic E-state index is 12.9. The van der Waals surface area contributed by atoms with Crippen molar-refractivity contribution >= 4 is 0 Å². The highest BCUT2D eigenvalue weighted by atomic mass is 19.1. The van der Waals surface area contributed by atoms with E-state index in [-0.39, 0.29) is 5.82 Å². The molecule has 3 heteroatoms. The van der Waals surface area contributed by atoms with Crippen LogP contribution in [0.2, 0.25) is 0 Å². The summed E-state index contributed by atoms with van der Waals surface area (Å²) < 4.78 is 12.9. The lowest BCUT2D eigenvalue weighted by Gasteiger charge is -2.13. The first-order valence-electron chi connectivity index (χ1n) is 5.41. The quantitative estimate of drug-likeness (QED) is 0.749. The first-order chi connectivity index (χ1) is 7.22. The number of nitrogens with one attached hydrogen (secondary N) is 2. The van der Waals surface area contributed by atoms with Crippen molar-refractivity contribution in [3.8, 4) is 0 Å². The summed E-state index contributed by atoms with van der Waals surface area (Å²) in [6, 6.07) is 7.09. The first kappa shape index (κ1) is 12.1. The second-order valence-corrected chi connectivity index (χ2v) is 3.72. The number of halogens is 1. The van der Waals surface area contributed by atoms with Gasteiger partial charge in [-0.3, -0.25) is 0 Å². The molecule has 2 nitrogen and oxygen atoms in total. The molecule has 0 radical (unpaired) electrons.